The highest BCUT2D eigenvalue weighted by Crippen LogP contribution is 2.39. The first-order chi connectivity index (χ1) is 19.6. The molecule has 1 atom stereocenters. The van der Waals surface area contributed by atoms with Crippen LogP contribution in [0.15, 0.2) is 91.0 Å². The summed E-state index contributed by atoms with van der Waals surface area (Å²) in [7, 11) is 5.55. The number of rotatable bonds is 10. The van der Waals surface area contributed by atoms with Crippen LogP contribution in [0.1, 0.15) is 39.4 Å². The minimum atomic E-state index is 0.107. The quantitative estimate of drug-likeness (QED) is 0.211. The Morgan fingerprint density at radius 3 is 1.93 bits per heavy atom. The number of aryl methyl sites for hydroxylation is 1. The lowest BCUT2D eigenvalue weighted by atomic mass is 9.91. The predicted octanol–water partition coefficient (Wildman–Crippen LogP) is 7.41. The Labute approximate surface area is 237 Å². The summed E-state index contributed by atoms with van der Waals surface area (Å²) >= 11 is 0. The molecule has 1 unspecified atom stereocenters. The van der Waals surface area contributed by atoms with Crippen LogP contribution in [0.4, 0.5) is 0 Å². The molecule has 0 saturated carbocycles. The van der Waals surface area contributed by atoms with E-state index in [0.717, 1.165) is 58.2 Å². The fraction of sp³-hybridized carbons (Fsp3) is 0.257. The monoisotopic (exact) mass is 535 g/mol. The number of ether oxygens (including phenoxy) is 4. The highest BCUT2D eigenvalue weighted by Gasteiger charge is 2.25. The number of fused-ring (bicyclic) bond motifs is 1. The Morgan fingerprint density at radius 2 is 1.32 bits per heavy atom. The lowest BCUT2D eigenvalue weighted by Gasteiger charge is -2.33. The van der Waals surface area contributed by atoms with Gasteiger partial charge in [-0.05, 0) is 78.0 Å². The predicted molar refractivity (Wildman–Crippen MR) is 160 cm³/mol. The highest BCUT2D eigenvalue weighted by atomic mass is 16.5. The molecule has 1 aliphatic heterocycles. The third-order valence-corrected chi connectivity index (χ3v) is 7.44. The molecule has 0 N–H and O–H groups in total. The van der Waals surface area contributed by atoms with Crippen molar-refractivity contribution in [3.05, 3.63) is 124 Å². The minimum Gasteiger partial charge on any atom is -0.493 e. The maximum atomic E-state index is 6.19. The van der Waals surface area contributed by atoms with E-state index in [1.807, 2.05) is 42.5 Å². The third-order valence-electron chi connectivity index (χ3n) is 7.44. The van der Waals surface area contributed by atoms with Gasteiger partial charge in [-0.3, -0.25) is 4.90 Å². The van der Waals surface area contributed by atoms with Crippen LogP contribution in [-0.2, 0) is 19.6 Å². The Balaban J connectivity index is 1.39. The zero-order chi connectivity index (χ0) is 27.9. The van der Waals surface area contributed by atoms with Crippen LogP contribution in [-0.4, -0.2) is 32.7 Å². The number of hydrogen-bond donors (Lipinski definition) is 0. The molecule has 0 aliphatic carbocycles. The molecule has 5 rings (SSSR count). The zero-order valence-corrected chi connectivity index (χ0v) is 23.7. The number of methoxy groups -OCH3 is 2. The van der Waals surface area contributed by atoms with Crippen molar-refractivity contribution in [1.82, 2.24) is 4.90 Å². The minimum absolute atomic E-state index is 0.107. The van der Waals surface area contributed by atoms with E-state index in [9.17, 15) is 0 Å². The molecule has 0 bridgehead atoms. The Hall–Kier alpha value is -4.22. The van der Waals surface area contributed by atoms with Crippen LogP contribution >= 0.6 is 0 Å². The molecular formula is C35H37NO4. The number of likely N-dealkylation sites (N-methyl/N-ethyl adjacent to an activating group) is 1. The number of benzene rings is 4. The van der Waals surface area contributed by atoms with Crippen LogP contribution in [0.3, 0.4) is 0 Å². The summed E-state index contributed by atoms with van der Waals surface area (Å²) in [4.78, 5) is 2.37. The van der Waals surface area contributed by atoms with Gasteiger partial charge in [0.05, 0.1) is 20.3 Å². The van der Waals surface area contributed by atoms with Crippen LogP contribution in [0, 0.1) is 6.92 Å². The SMILES string of the molecule is COc1cc(C)c(C=CC2c3cc(OC)c(OCc4ccccc4)cc3CCN2C)cc1OCc1ccccc1. The van der Waals surface area contributed by atoms with E-state index in [1.54, 1.807) is 14.2 Å². The molecular weight excluding hydrogens is 498 g/mol. The van der Waals surface area contributed by atoms with Crippen LogP contribution < -0.4 is 18.9 Å². The Kier molecular flexibility index (Phi) is 8.72. The molecule has 0 radical (unpaired) electrons. The second-order valence-corrected chi connectivity index (χ2v) is 10.1. The summed E-state index contributed by atoms with van der Waals surface area (Å²) < 4.78 is 23.8. The molecule has 0 fully saturated rings. The zero-order valence-electron chi connectivity index (χ0n) is 23.7. The molecule has 1 aliphatic rings. The highest BCUT2D eigenvalue weighted by molar-refractivity contribution is 5.61. The van der Waals surface area contributed by atoms with Crippen LogP contribution in [0.25, 0.3) is 6.08 Å². The largest absolute Gasteiger partial charge is 0.493 e. The molecule has 5 nitrogen and oxygen atoms in total. The number of hydrogen-bond acceptors (Lipinski definition) is 5. The molecule has 1 heterocycles. The molecule has 5 heteroatoms. The summed E-state index contributed by atoms with van der Waals surface area (Å²) in [5.74, 6) is 3.00. The van der Waals surface area contributed by atoms with Crippen molar-refractivity contribution >= 4 is 6.08 Å². The van der Waals surface area contributed by atoms with Gasteiger partial charge in [-0.25, -0.2) is 0 Å². The van der Waals surface area contributed by atoms with Crippen molar-refractivity contribution in [2.75, 3.05) is 27.8 Å². The van der Waals surface area contributed by atoms with Gasteiger partial charge >= 0.3 is 0 Å². The molecule has 0 amide bonds. The topological polar surface area (TPSA) is 40.2 Å². The number of nitrogens with zero attached hydrogens (tertiary/aromatic N) is 1. The summed E-state index contributed by atoms with van der Waals surface area (Å²) in [6, 6.07) is 28.9. The van der Waals surface area contributed by atoms with Gasteiger partial charge in [-0.15, -0.1) is 0 Å². The van der Waals surface area contributed by atoms with Gasteiger partial charge in [-0.2, -0.15) is 0 Å². The van der Waals surface area contributed by atoms with Gasteiger partial charge in [0.15, 0.2) is 23.0 Å². The van der Waals surface area contributed by atoms with E-state index in [4.69, 9.17) is 18.9 Å². The van der Waals surface area contributed by atoms with Gasteiger partial charge in [0.25, 0.3) is 0 Å². The van der Waals surface area contributed by atoms with Crippen molar-refractivity contribution in [2.45, 2.75) is 32.6 Å². The molecule has 40 heavy (non-hydrogen) atoms. The van der Waals surface area contributed by atoms with E-state index in [-0.39, 0.29) is 6.04 Å². The van der Waals surface area contributed by atoms with E-state index in [1.165, 1.54) is 11.1 Å². The van der Waals surface area contributed by atoms with Crippen molar-refractivity contribution in [1.29, 1.82) is 0 Å². The summed E-state index contributed by atoms with van der Waals surface area (Å²) in [6.07, 6.45) is 5.41. The first-order valence-corrected chi connectivity index (χ1v) is 13.7. The average molecular weight is 536 g/mol. The van der Waals surface area contributed by atoms with Crippen molar-refractivity contribution in [3.63, 3.8) is 0 Å². The van der Waals surface area contributed by atoms with Gasteiger partial charge in [0.2, 0.25) is 0 Å². The maximum Gasteiger partial charge on any atom is 0.162 e. The van der Waals surface area contributed by atoms with Gasteiger partial charge in [0.1, 0.15) is 13.2 Å². The van der Waals surface area contributed by atoms with Gasteiger partial charge in [-0.1, -0.05) is 72.8 Å². The normalized spacial score (nSPS) is 15.1. The smallest absolute Gasteiger partial charge is 0.162 e. The van der Waals surface area contributed by atoms with Crippen molar-refractivity contribution in [2.24, 2.45) is 0 Å². The van der Waals surface area contributed by atoms with Gasteiger partial charge < -0.3 is 18.9 Å². The fourth-order valence-corrected chi connectivity index (χ4v) is 5.10. The van der Waals surface area contributed by atoms with Crippen molar-refractivity contribution < 1.29 is 18.9 Å². The van der Waals surface area contributed by atoms with Crippen molar-refractivity contribution in [3.8, 4) is 23.0 Å². The van der Waals surface area contributed by atoms with E-state index < -0.39 is 0 Å². The average Bonchev–Trinajstić information content (AvgIpc) is 2.99. The van der Waals surface area contributed by atoms with Gasteiger partial charge in [0, 0.05) is 6.54 Å². The Bertz CT molecular complexity index is 1450. The molecule has 206 valence electrons. The fourth-order valence-electron chi connectivity index (χ4n) is 5.10. The molecule has 4 aromatic carbocycles. The molecule has 0 aromatic heterocycles. The van der Waals surface area contributed by atoms with E-state index in [2.05, 4.69) is 73.5 Å². The standard InChI is InChI=1S/C35H37NO4/c1-25-19-32(37-3)34(39-23-26-11-7-5-8-12-26)20-28(25)15-16-31-30-22-33(38-4)35(21-29(30)17-18-36(31)2)40-24-27-13-9-6-10-14-27/h5-16,19-22,31H,17-18,23-24H2,1-4H3. The van der Waals surface area contributed by atoms with E-state index >= 15 is 0 Å². The van der Waals surface area contributed by atoms with Crippen LogP contribution in [0.5, 0.6) is 23.0 Å². The first-order valence-electron chi connectivity index (χ1n) is 13.7. The van der Waals surface area contributed by atoms with Crippen LogP contribution in [0.2, 0.25) is 0 Å². The molecule has 0 spiro atoms. The summed E-state index contributed by atoms with van der Waals surface area (Å²) in [5.41, 5.74) is 6.99. The summed E-state index contributed by atoms with van der Waals surface area (Å²) in [6.45, 7) is 4.04. The summed E-state index contributed by atoms with van der Waals surface area (Å²) in [5, 5.41) is 0. The lowest BCUT2D eigenvalue weighted by molar-refractivity contribution is 0.264. The molecule has 0 saturated heterocycles. The lowest BCUT2D eigenvalue weighted by Crippen LogP contribution is -2.31. The third kappa shape index (κ3) is 6.32. The molecule has 4 aromatic rings. The second kappa shape index (κ2) is 12.8. The first kappa shape index (κ1) is 27.4. The Morgan fingerprint density at radius 1 is 0.750 bits per heavy atom. The second-order valence-electron chi connectivity index (χ2n) is 10.1. The van der Waals surface area contributed by atoms with E-state index in [0.29, 0.717) is 13.2 Å². The maximum absolute atomic E-state index is 6.19.